The molecule has 0 aromatic heterocycles. The van der Waals surface area contributed by atoms with E-state index in [1.54, 1.807) is 0 Å². The molecule has 2 aromatic rings. The molecule has 0 radical (unpaired) electrons. The second kappa shape index (κ2) is 5.70. The van der Waals surface area contributed by atoms with Crippen LogP contribution in [0.4, 0.5) is 5.69 Å². The summed E-state index contributed by atoms with van der Waals surface area (Å²) in [5.74, 6) is 0. The van der Waals surface area contributed by atoms with Crippen LogP contribution in [0.2, 0.25) is 0 Å². The summed E-state index contributed by atoms with van der Waals surface area (Å²) in [4.78, 5) is 5.09. The summed E-state index contributed by atoms with van der Waals surface area (Å²) in [5, 5.41) is 0. The van der Waals surface area contributed by atoms with Crippen LogP contribution in [0, 0.1) is 6.92 Å². The monoisotopic (exact) mass is 269 g/mol. The maximum atomic E-state index is 2.47. The van der Waals surface area contributed by atoms with Crippen LogP contribution in [0.25, 0.3) is 0 Å². The van der Waals surface area contributed by atoms with E-state index >= 15 is 0 Å². The van der Waals surface area contributed by atoms with E-state index in [1.165, 1.54) is 47.0 Å². The van der Waals surface area contributed by atoms with Crippen molar-refractivity contribution in [2.24, 2.45) is 0 Å². The van der Waals surface area contributed by atoms with Gasteiger partial charge in [-0.25, -0.2) is 0 Å². The van der Waals surface area contributed by atoms with Crippen molar-refractivity contribution >= 4 is 17.4 Å². The van der Waals surface area contributed by atoms with Gasteiger partial charge in [-0.2, -0.15) is 0 Å². The molecule has 0 amide bonds. The third kappa shape index (κ3) is 3.13. The van der Waals surface area contributed by atoms with Crippen molar-refractivity contribution in [1.82, 2.24) is 0 Å². The second-order valence-corrected chi connectivity index (χ2v) is 6.25. The summed E-state index contributed by atoms with van der Waals surface area (Å²) in [7, 11) is 0. The molecule has 1 aliphatic heterocycles. The molecular weight excluding hydrogens is 250 g/mol. The Morgan fingerprint density at radius 3 is 1.89 bits per heavy atom. The summed E-state index contributed by atoms with van der Waals surface area (Å²) in [6.45, 7) is 4.55. The SMILES string of the molecule is Cc1ccc(Sc2ccc(N3CCCC3)cc2)cc1. The normalized spacial score (nSPS) is 14.9. The molecule has 1 heterocycles. The Morgan fingerprint density at radius 2 is 1.32 bits per heavy atom. The first kappa shape index (κ1) is 12.6. The quantitative estimate of drug-likeness (QED) is 0.791. The molecular formula is C17H19NS. The Kier molecular flexibility index (Phi) is 3.79. The number of hydrogen-bond acceptors (Lipinski definition) is 2. The summed E-state index contributed by atoms with van der Waals surface area (Å²) < 4.78 is 0. The third-order valence-corrected chi connectivity index (χ3v) is 4.58. The first-order valence-electron chi connectivity index (χ1n) is 6.91. The van der Waals surface area contributed by atoms with Crippen molar-refractivity contribution in [3.63, 3.8) is 0 Å². The van der Waals surface area contributed by atoms with Gasteiger partial charge in [-0.3, -0.25) is 0 Å². The van der Waals surface area contributed by atoms with Crippen molar-refractivity contribution in [1.29, 1.82) is 0 Å². The van der Waals surface area contributed by atoms with E-state index in [1.807, 2.05) is 11.8 Å². The highest BCUT2D eigenvalue weighted by atomic mass is 32.2. The lowest BCUT2D eigenvalue weighted by Gasteiger charge is -2.17. The fourth-order valence-electron chi connectivity index (χ4n) is 2.44. The molecule has 0 unspecified atom stereocenters. The minimum absolute atomic E-state index is 1.21. The minimum atomic E-state index is 1.21. The molecule has 98 valence electrons. The third-order valence-electron chi connectivity index (χ3n) is 3.56. The molecule has 3 rings (SSSR count). The molecule has 1 saturated heterocycles. The van der Waals surface area contributed by atoms with E-state index in [-0.39, 0.29) is 0 Å². The van der Waals surface area contributed by atoms with Crippen LogP contribution in [0.3, 0.4) is 0 Å². The number of nitrogens with zero attached hydrogens (tertiary/aromatic N) is 1. The van der Waals surface area contributed by atoms with Crippen molar-refractivity contribution < 1.29 is 0 Å². The molecule has 0 bridgehead atoms. The van der Waals surface area contributed by atoms with Gasteiger partial charge in [0.05, 0.1) is 0 Å². The zero-order valence-corrected chi connectivity index (χ0v) is 12.1. The van der Waals surface area contributed by atoms with Gasteiger partial charge < -0.3 is 4.90 Å². The predicted octanol–water partition coefficient (Wildman–Crippen LogP) is 4.75. The highest BCUT2D eigenvalue weighted by Crippen LogP contribution is 2.30. The van der Waals surface area contributed by atoms with Gasteiger partial charge in [-0.05, 0) is 56.2 Å². The van der Waals surface area contributed by atoms with E-state index < -0.39 is 0 Å². The van der Waals surface area contributed by atoms with Gasteiger partial charge in [0, 0.05) is 28.6 Å². The molecule has 0 aliphatic carbocycles. The van der Waals surface area contributed by atoms with Gasteiger partial charge in [0.1, 0.15) is 0 Å². The number of aryl methyl sites for hydroxylation is 1. The molecule has 1 fully saturated rings. The number of anilines is 1. The van der Waals surface area contributed by atoms with Crippen molar-refractivity contribution in [3.8, 4) is 0 Å². The van der Waals surface area contributed by atoms with Crippen molar-refractivity contribution in [3.05, 3.63) is 54.1 Å². The van der Waals surface area contributed by atoms with Gasteiger partial charge in [-0.1, -0.05) is 29.5 Å². The minimum Gasteiger partial charge on any atom is -0.372 e. The van der Waals surface area contributed by atoms with Crippen molar-refractivity contribution in [2.75, 3.05) is 18.0 Å². The first-order chi connectivity index (χ1) is 9.31. The molecule has 1 aliphatic rings. The van der Waals surface area contributed by atoms with Crippen LogP contribution >= 0.6 is 11.8 Å². The van der Waals surface area contributed by atoms with Crippen LogP contribution in [-0.2, 0) is 0 Å². The first-order valence-corrected chi connectivity index (χ1v) is 7.72. The number of rotatable bonds is 3. The molecule has 0 spiro atoms. The summed E-state index contributed by atoms with van der Waals surface area (Å²) in [6, 6.07) is 17.7. The van der Waals surface area contributed by atoms with Crippen LogP contribution in [-0.4, -0.2) is 13.1 Å². The molecule has 1 nitrogen and oxygen atoms in total. The lowest BCUT2D eigenvalue weighted by Crippen LogP contribution is -2.17. The fourth-order valence-corrected chi connectivity index (χ4v) is 3.26. The Balaban J connectivity index is 1.70. The molecule has 19 heavy (non-hydrogen) atoms. The predicted molar refractivity (Wildman–Crippen MR) is 83.2 cm³/mol. The number of benzene rings is 2. The maximum absolute atomic E-state index is 2.47. The number of hydrogen-bond donors (Lipinski definition) is 0. The second-order valence-electron chi connectivity index (χ2n) is 5.10. The average Bonchev–Trinajstić information content (AvgIpc) is 2.96. The highest BCUT2D eigenvalue weighted by Gasteiger charge is 2.11. The largest absolute Gasteiger partial charge is 0.372 e. The Bertz CT molecular complexity index is 524. The maximum Gasteiger partial charge on any atom is 0.0366 e. The van der Waals surface area contributed by atoms with Crippen molar-refractivity contribution in [2.45, 2.75) is 29.6 Å². The zero-order valence-electron chi connectivity index (χ0n) is 11.3. The highest BCUT2D eigenvalue weighted by molar-refractivity contribution is 7.99. The van der Waals surface area contributed by atoms with E-state index in [2.05, 4.69) is 60.4 Å². The summed E-state index contributed by atoms with van der Waals surface area (Å²) in [5.41, 5.74) is 2.68. The van der Waals surface area contributed by atoms with Gasteiger partial charge in [0.25, 0.3) is 0 Å². The lowest BCUT2D eigenvalue weighted by molar-refractivity contribution is 0.949. The molecule has 0 N–H and O–H groups in total. The van der Waals surface area contributed by atoms with Crippen LogP contribution in [0.15, 0.2) is 58.3 Å². The van der Waals surface area contributed by atoms with E-state index in [4.69, 9.17) is 0 Å². The average molecular weight is 269 g/mol. The topological polar surface area (TPSA) is 3.24 Å². The van der Waals surface area contributed by atoms with Gasteiger partial charge >= 0.3 is 0 Å². The standard InChI is InChI=1S/C17H19NS/c1-14-4-8-16(9-5-14)19-17-10-6-15(7-11-17)18-12-2-3-13-18/h4-11H,2-3,12-13H2,1H3. The Hall–Kier alpha value is -1.41. The summed E-state index contributed by atoms with van der Waals surface area (Å²) >= 11 is 1.83. The van der Waals surface area contributed by atoms with Crippen LogP contribution in [0.5, 0.6) is 0 Å². The van der Waals surface area contributed by atoms with Crippen LogP contribution < -0.4 is 4.90 Å². The Labute approximate surface area is 119 Å². The smallest absolute Gasteiger partial charge is 0.0366 e. The Morgan fingerprint density at radius 1 is 0.789 bits per heavy atom. The zero-order chi connectivity index (χ0) is 13.1. The van der Waals surface area contributed by atoms with Gasteiger partial charge in [0.15, 0.2) is 0 Å². The molecule has 2 heteroatoms. The molecule has 2 aromatic carbocycles. The summed E-state index contributed by atoms with van der Waals surface area (Å²) in [6.07, 6.45) is 2.67. The lowest BCUT2D eigenvalue weighted by atomic mass is 10.2. The molecule has 0 atom stereocenters. The fraction of sp³-hybridized carbons (Fsp3) is 0.294. The van der Waals surface area contributed by atoms with Gasteiger partial charge in [-0.15, -0.1) is 0 Å². The van der Waals surface area contributed by atoms with E-state index in [9.17, 15) is 0 Å². The van der Waals surface area contributed by atoms with E-state index in [0.717, 1.165) is 0 Å². The van der Waals surface area contributed by atoms with E-state index in [0.29, 0.717) is 0 Å². The molecule has 0 saturated carbocycles. The van der Waals surface area contributed by atoms with Gasteiger partial charge in [0.2, 0.25) is 0 Å². The van der Waals surface area contributed by atoms with Crippen LogP contribution in [0.1, 0.15) is 18.4 Å².